The van der Waals surface area contributed by atoms with E-state index in [-0.39, 0.29) is 17.6 Å². The van der Waals surface area contributed by atoms with Crippen molar-refractivity contribution in [2.45, 2.75) is 31.5 Å². The smallest absolute Gasteiger partial charge is 0.254 e. The van der Waals surface area contributed by atoms with E-state index < -0.39 is 5.66 Å². The van der Waals surface area contributed by atoms with Crippen molar-refractivity contribution in [1.29, 1.82) is 0 Å². The van der Waals surface area contributed by atoms with Crippen molar-refractivity contribution in [1.82, 2.24) is 24.6 Å². The van der Waals surface area contributed by atoms with Crippen LogP contribution in [-0.4, -0.2) is 59.2 Å². The highest BCUT2D eigenvalue weighted by Gasteiger charge is 2.35. The van der Waals surface area contributed by atoms with Gasteiger partial charge in [0.05, 0.1) is 35.4 Å². The van der Waals surface area contributed by atoms with Crippen molar-refractivity contribution in [2.75, 3.05) is 32.6 Å². The van der Waals surface area contributed by atoms with E-state index >= 15 is 0 Å². The zero-order valence-electron chi connectivity index (χ0n) is 22.2. The first-order valence-electron chi connectivity index (χ1n) is 12.9. The maximum absolute atomic E-state index is 13.7. The molecule has 10 heteroatoms. The van der Waals surface area contributed by atoms with E-state index in [1.54, 1.807) is 12.4 Å². The van der Waals surface area contributed by atoms with Gasteiger partial charge in [0.25, 0.3) is 5.91 Å². The molecule has 0 spiro atoms. The number of imidazole rings is 1. The normalized spacial score (nSPS) is 18.3. The quantitative estimate of drug-likeness (QED) is 0.345. The summed E-state index contributed by atoms with van der Waals surface area (Å²) in [7, 11) is 3.91. The number of carbonyl (C=O) groups is 1. The van der Waals surface area contributed by atoms with Gasteiger partial charge in [-0.05, 0) is 63.5 Å². The van der Waals surface area contributed by atoms with E-state index in [0.29, 0.717) is 35.9 Å². The van der Waals surface area contributed by atoms with E-state index in [4.69, 9.17) is 9.72 Å². The molecule has 0 saturated carbocycles. The van der Waals surface area contributed by atoms with E-state index in [2.05, 4.69) is 33.4 Å². The molecule has 2 aliphatic heterocycles. The summed E-state index contributed by atoms with van der Waals surface area (Å²) in [5.74, 6) is 0.317. The van der Waals surface area contributed by atoms with Crippen LogP contribution in [-0.2, 0) is 16.9 Å². The second-order valence-corrected chi connectivity index (χ2v) is 10.3. The molecule has 0 radical (unpaired) electrons. The first-order valence-corrected chi connectivity index (χ1v) is 12.9. The van der Waals surface area contributed by atoms with Gasteiger partial charge in [0.1, 0.15) is 17.3 Å². The molecule has 2 atom stereocenters. The molecule has 200 valence electrons. The molecule has 0 unspecified atom stereocenters. The van der Waals surface area contributed by atoms with E-state index in [1.165, 1.54) is 12.1 Å². The minimum absolute atomic E-state index is 0.167. The lowest BCUT2D eigenvalue weighted by molar-refractivity contribution is 0.0966. The predicted octanol–water partition coefficient (Wildman–Crippen LogP) is 4.46. The largest absolute Gasteiger partial charge is 0.381 e. The number of halogens is 1. The number of benzene rings is 1. The number of nitrogens with zero attached hydrogens (tertiary/aromatic N) is 5. The first kappa shape index (κ1) is 25.1. The van der Waals surface area contributed by atoms with Crippen LogP contribution in [0.2, 0.25) is 0 Å². The lowest BCUT2D eigenvalue weighted by Gasteiger charge is -2.34. The molecule has 1 aromatic carbocycles. The molecule has 1 saturated heterocycles. The third kappa shape index (κ3) is 4.16. The van der Waals surface area contributed by atoms with Crippen LogP contribution in [0, 0.1) is 5.82 Å². The number of amides is 1. The Labute approximate surface area is 225 Å². The third-order valence-corrected chi connectivity index (χ3v) is 7.90. The van der Waals surface area contributed by atoms with Gasteiger partial charge in [-0.15, -0.1) is 0 Å². The summed E-state index contributed by atoms with van der Waals surface area (Å²) in [5, 5.41) is 6.33. The Kier molecular flexibility index (Phi) is 6.16. The van der Waals surface area contributed by atoms with Crippen LogP contribution in [0.3, 0.4) is 0 Å². The van der Waals surface area contributed by atoms with Crippen molar-refractivity contribution in [2.24, 2.45) is 4.99 Å². The number of fused-ring (bicyclic) bond motifs is 2. The number of rotatable bonds is 7. The molecule has 0 bridgehead atoms. The number of hydrogen-bond acceptors (Lipinski definition) is 7. The Hall–Kier alpha value is -4.15. The van der Waals surface area contributed by atoms with Gasteiger partial charge in [0.15, 0.2) is 5.66 Å². The molecule has 2 N–H and O–H groups in total. The fourth-order valence-corrected chi connectivity index (χ4v) is 5.44. The van der Waals surface area contributed by atoms with Crippen molar-refractivity contribution in [3.8, 4) is 11.3 Å². The molecule has 3 aromatic heterocycles. The molecule has 6 rings (SSSR count). The van der Waals surface area contributed by atoms with Crippen LogP contribution in [0.4, 0.5) is 15.9 Å². The second kappa shape index (κ2) is 9.55. The number of aliphatic imine (C=N–C) groups is 1. The van der Waals surface area contributed by atoms with Crippen LogP contribution >= 0.6 is 0 Å². The third-order valence-electron chi connectivity index (χ3n) is 7.90. The number of pyridine rings is 2. The van der Waals surface area contributed by atoms with E-state index in [1.807, 2.05) is 48.5 Å². The number of nitrogens with one attached hydrogen (secondary N) is 2. The van der Waals surface area contributed by atoms with Gasteiger partial charge >= 0.3 is 0 Å². The van der Waals surface area contributed by atoms with Gasteiger partial charge < -0.3 is 15.4 Å². The van der Waals surface area contributed by atoms with Crippen molar-refractivity contribution in [3.05, 3.63) is 77.0 Å². The van der Waals surface area contributed by atoms with Crippen molar-refractivity contribution < 1.29 is 13.9 Å². The number of carbonyl (C=O) groups excluding carboxylic acids is 1. The Balaban J connectivity index is 1.42. The van der Waals surface area contributed by atoms with Gasteiger partial charge in [-0.3, -0.25) is 19.1 Å². The van der Waals surface area contributed by atoms with Gasteiger partial charge in [0, 0.05) is 36.9 Å². The van der Waals surface area contributed by atoms with Crippen LogP contribution < -0.4 is 10.6 Å². The predicted molar refractivity (Wildman–Crippen MR) is 148 cm³/mol. The molecular weight excluding hydrogens is 497 g/mol. The van der Waals surface area contributed by atoms with Crippen molar-refractivity contribution >= 4 is 29.8 Å². The van der Waals surface area contributed by atoms with Crippen LogP contribution in [0.5, 0.6) is 0 Å². The Bertz CT molecular complexity index is 1610. The Morgan fingerprint density at radius 2 is 2.13 bits per heavy atom. The fraction of sp³-hybridized carbons (Fsp3) is 0.310. The highest BCUT2D eigenvalue weighted by molar-refractivity contribution is 6.06. The number of aromatic nitrogens is 3. The fourth-order valence-electron chi connectivity index (χ4n) is 5.44. The summed E-state index contributed by atoms with van der Waals surface area (Å²) < 4.78 is 21.2. The lowest BCUT2D eigenvalue weighted by atomic mass is 9.91. The van der Waals surface area contributed by atoms with Crippen LogP contribution in [0.15, 0.2) is 53.8 Å². The minimum atomic E-state index is -0.749. The zero-order valence-corrected chi connectivity index (χ0v) is 22.2. The van der Waals surface area contributed by atoms with E-state index in [9.17, 15) is 9.18 Å². The average molecular weight is 528 g/mol. The maximum Gasteiger partial charge on any atom is 0.254 e. The molecule has 1 fully saturated rings. The molecule has 1 amide bonds. The zero-order chi connectivity index (χ0) is 27.3. The van der Waals surface area contributed by atoms with Gasteiger partial charge in [0.2, 0.25) is 0 Å². The van der Waals surface area contributed by atoms with Gasteiger partial charge in [-0.1, -0.05) is 12.1 Å². The Morgan fingerprint density at radius 1 is 1.28 bits per heavy atom. The molecule has 2 aliphatic rings. The number of ether oxygens (including phenoxy) is 1. The maximum atomic E-state index is 13.7. The summed E-state index contributed by atoms with van der Waals surface area (Å²) in [6.07, 6.45) is 4.27. The first-order chi connectivity index (χ1) is 18.8. The average Bonchev–Trinajstić information content (AvgIpc) is 3.69. The molecule has 4 aromatic rings. The van der Waals surface area contributed by atoms with Crippen molar-refractivity contribution in [3.63, 3.8) is 0 Å². The highest BCUT2D eigenvalue weighted by atomic mass is 19.1. The molecule has 5 heterocycles. The van der Waals surface area contributed by atoms with E-state index in [0.717, 1.165) is 41.1 Å². The highest BCUT2D eigenvalue weighted by Crippen LogP contribution is 2.38. The molecule has 39 heavy (non-hydrogen) atoms. The summed E-state index contributed by atoms with van der Waals surface area (Å²) in [4.78, 5) is 28.8. The molecule has 0 aliphatic carbocycles. The monoisotopic (exact) mass is 527 g/mol. The Morgan fingerprint density at radius 3 is 2.87 bits per heavy atom. The lowest BCUT2D eigenvalue weighted by Crippen LogP contribution is -2.38. The summed E-state index contributed by atoms with van der Waals surface area (Å²) >= 11 is 0. The standard InChI is InChI=1S/C29H30FN7O2/c1-29(31-2,36(3)4)27-19(17-10-12-39-16-17)6-8-24(35-27)34-22-7-5-20(21-14-33-28(38)26(21)22)23-15-32-25-13-18(30)9-11-37(23)25/h5-9,11,13,15,17H,2,10,12,14,16H2,1,3-4H3,(H,33,38)(H,34,35)/t17-,29+/m0/s1. The van der Waals surface area contributed by atoms with Gasteiger partial charge in [-0.25, -0.2) is 14.4 Å². The van der Waals surface area contributed by atoms with Crippen LogP contribution in [0.1, 0.15) is 46.4 Å². The number of hydrogen-bond donors (Lipinski definition) is 2. The SMILES string of the molecule is C=N[C@@](C)(c1nc(Nc2ccc(-c3cnc4cc(F)ccn34)c3c2C(=O)NC3)ccc1[C@H]1CCOC1)N(C)C. The van der Waals surface area contributed by atoms with Gasteiger partial charge in [-0.2, -0.15) is 0 Å². The topological polar surface area (TPSA) is 96.2 Å². The molecule has 9 nitrogen and oxygen atoms in total. The minimum Gasteiger partial charge on any atom is -0.381 e. The second-order valence-electron chi connectivity index (χ2n) is 10.3. The summed E-state index contributed by atoms with van der Waals surface area (Å²) in [6, 6.07) is 10.6. The van der Waals surface area contributed by atoms with Crippen LogP contribution in [0.25, 0.3) is 16.9 Å². The summed E-state index contributed by atoms with van der Waals surface area (Å²) in [5.41, 5.74) is 5.34. The molecular formula is C29H30FN7O2. The number of anilines is 2. The summed E-state index contributed by atoms with van der Waals surface area (Å²) in [6.45, 7) is 7.61.